The molecular weight excluding hydrogens is 312 g/mol. The highest BCUT2D eigenvalue weighted by atomic mass is 35.5. The summed E-state index contributed by atoms with van der Waals surface area (Å²) in [4.78, 5) is 23.2. The topological polar surface area (TPSA) is 58.2 Å². The molecular formula is C18H17ClN2O2. The van der Waals surface area contributed by atoms with Crippen molar-refractivity contribution >= 4 is 35.2 Å². The zero-order chi connectivity index (χ0) is 16.7. The lowest BCUT2D eigenvalue weighted by atomic mass is 10.1. The molecule has 0 fully saturated rings. The van der Waals surface area contributed by atoms with E-state index in [2.05, 4.69) is 10.6 Å². The molecule has 2 amide bonds. The Labute approximate surface area is 140 Å². The average molecular weight is 329 g/mol. The number of anilines is 1. The van der Waals surface area contributed by atoms with Crippen LogP contribution in [0.5, 0.6) is 0 Å². The molecule has 2 aromatic rings. The third kappa shape index (κ3) is 5.27. The number of carbonyl (C=O) groups excluding carboxylic acids is 2. The van der Waals surface area contributed by atoms with Crippen LogP contribution < -0.4 is 10.6 Å². The minimum atomic E-state index is -0.246. The van der Waals surface area contributed by atoms with E-state index in [1.54, 1.807) is 31.3 Å². The van der Waals surface area contributed by atoms with Gasteiger partial charge in [0.05, 0.1) is 6.42 Å². The lowest BCUT2D eigenvalue weighted by Crippen LogP contribution is -2.19. The first-order chi connectivity index (χ1) is 11.1. The highest BCUT2D eigenvalue weighted by Crippen LogP contribution is 2.16. The van der Waals surface area contributed by atoms with Gasteiger partial charge in [0.2, 0.25) is 11.8 Å². The number of likely N-dealkylation sites (N-methyl/N-ethyl adjacent to an activating group) is 1. The maximum Gasteiger partial charge on any atom is 0.248 e. The van der Waals surface area contributed by atoms with Crippen LogP contribution in [0.2, 0.25) is 5.02 Å². The lowest BCUT2D eigenvalue weighted by molar-refractivity contribution is -0.120. The third-order valence-electron chi connectivity index (χ3n) is 3.18. The Morgan fingerprint density at radius 3 is 2.43 bits per heavy atom. The summed E-state index contributed by atoms with van der Waals surface area (Å²) in [6.45, 7) is 0. The van der Waals surface area contributed by atoms with E-state index >= 15 is 0 Å². The Kier molecular flexibility index (Phi) is 5.94. The monoisotopic (exact) mass is 328 g/mol. The van der Waals surface area contributed by atoms with Crippen molar-refractivity contribution in [2.45, 2.75) is 6.42 Å². The van der Waals surface area contributed by atoms with Crippen LogP contribution in [0.1, 0.15) is 11.1 Å². The molecule has 118 valence electrons. The largest absolute Gasteiger partial charge is 0.359 e. The quantitative estimate of drug-likeness (QED) is 0.827. The summed E-state index contributed by atoms with van der Waals surface area (Å²) in [5.74, 6) is -0.298. The number of rotatable bonds is 5. The van der Waals surface area contributed by atoms with Gasteiger partial charge in [0, 0.05) is 23.8 Å². The van der Waals surface area contributed by atoms with Crippen LogP contribution in [-0.4, -0.2) is 18.9 Å². The van der Waals surface area contributed by atoms with Crippen LogP contribution >= 0.6 is 11.6 Å². The van der Waals surface area contributed by atoms with Crippen molar-refractivity contribution < 1.29 is 9.59 Å². The molecule has 2 aromatic carbocycles. The van der Waals surface area contributed by atoms with Crippen molar-refractivity contribution in [3.8, 4) is 0 Å². The molecule has 4 nitrogen and oxygen atoms in total. The van der Waals surface area contributed by atoms with Crippen molar-refractivity contribution in [2.24, 2.45) is 0 Å². The maximum atomic E-state index is 11.9. The van der Waals surface area contributed by atoms with Gasteiger partial charge in [-0.2, -0.15) is 0 Å². The molecule has 0 aliphatic rings. The zero-order valence-corrected chi connectivity index (χ0v) is 13.4. The van der Waals surface area contributed by atoms with Gasteiger partial charge in [-0.15, -0.1) is 0 Å². The predicted molar refractivity (Wildman–Crippen MR) is 93.3 cm³/mol. The van der Waals surface area contributed by atoms with Crippen molar-refractivity contribution in [3.63, 3.8) is 0 Å². The molecule has 0 heterocycles. The average Bonchev–Trinajstić information content (AvgIpc) is 2.56. The number of amides is 2. The zero-order valence-electron chi connectivity index (χ0n) is 12.7. The van der Waals surface area contributed by atoms with Crippen molar-refractivity contribution in [3.05, 3.63) is 70.8 Å². The standard InChI is InChI=1S/C18H17ClN2O2/c1-20-18(23)12-13-6-9-15(10-7-13)21-17(22)11-8-14-4-2-3-5-16(14)19/h2-11H,12H2,1H3,(H,20,23)(H,21,22)/b11-8+. The molecule has 0 saturated carbocycles. The first-order valence-electron chi connectivity index (χ1n) is 7.11. The van der Waals surface area contributed by atoms with Crippen LogP contribution in [0.25, 0.3) is 6.08 Å². The summed E-state index contributed by atoms with van der Waals surface area (Å²) in [5, 5.41) is 5.92. The second-order valence-electron chi connectivity index (χ2n) is 4.89. The van der Waals surface area contributed by atoms with Crippen molar-refractivity contribution in [1.82, 2.24) is 5.32 Å². The highest BCUT2D eigenvalue weighted by Gasteiger charge is 2.02. The molecule has 23 heavy (non-hydrogen) atoms. The molecule has 0 saturated heterocycles. The smallest absolute Gasteiger partial charge is 0.248 e. The van der Waals surface area contributed by atoms with Crippen LogP contribution in [0.4, 0.5) is 5.69 Å². The number of halogens is 1. The predicted octanol–water partition coefficient (Wildman–Crippen LogP) is 3.28. The molecule has 0 aliphatic carbocycles. The first kappa shape index (κ1) is 16.8. The maximum absolute atomic E-state index is 11.9. The fourth-order valence-corrected chi connectivity index (χ4v) is 2.14. The fraction of sp³-hybridized carbons (Fsp3) is 0.111. The molecule has 0 bridgehead atoms. The van der Waals surface area contributed by atoms with E-state index in [0.29, 0.717) is 17.1 Å². The van der Waals surface area contributed by atoms with Crippen LogP contribution in [0.3, 0.4) is 0 Å². The van der Waals surface area contributed by atoms with Crippen molar-refractivity contribution in [2.75, 3.05) is 12.4 Å². The normalized spacial score (nSPS) is 10.5. The summed E-state index contributed by atoms with van der Waals surface area (Å²) in [6, 6.07) is 14.4. The lowest BCUT2D eigenvalue weighted by Gasteiger charge is -2.04. The van der Waals surface area contributed by atoms with Gasteiger partial charge < -0.3 is 10.6 Å². The summed E-state index contributed by atoms with van der Waals surface area (Å²) in [6.07, 6.45) is 3.41. The number of carbonyl (C=O) groups is 2. The number of nitrogens with one attached hydrogen (secondary N) is 2. The summed E-state index contributed by atoms with van der Waals surface area (Å²) < 4.78 is 0. The van der Waals surface area contributed by atoms with Gasteiger partial charge in [-0.25, -0.2) is 0 Å². The molecule has 0 radical (unpaired) electrons. The fourth-order valence-electron chi connectivity index (χ4n) is 1.94. The Bertz CT molecular complexity index is 724. The highest BCUT2D eigenvalue weighted by molar-refractivity contribution is 6.32. The number of hydrogen-bond donors (Lipinski definition) is 2. The summed E-state index contributed by atoms with van der Waals surface area (Å²) >= 11 is 6.02. The minimum absolute atomic E-state index is 0.0514. The van der Waals surface area contributed by atoms with E-state index in [1.165, 1.54) is 6.08 Å². The van der Waals surface area contributed by atoms with E-state index in [9.17, 15) is 9.59 Å². The SMILES string of the molecule is CNC(=O)Cc1ccc(NC(=O)/C=C/c2ccccc2Cl)cc1. The molecule has 5 heteroatoms. The van der Waals surface area contributed by atoms with Gasteiger partial charge in [-0.3, -0.25) is 9.59 Å². The Balaban J connectivity index is 1.95. The third-order valence-corrected chi connectivity index (χ3v) is 3.53. The Morgan fingerprint density at radius 2 is 1.78 bits per heavy atom. The van der Waals surface area contributed by atoms with Crippen LogP contribution in [0, 0.1) is 0 Å². The molecule has 0 aromatic heterocycles. The van der Waals surface area contributed by atoms with Gasteiger partial charge in [-0.05, 0) is 35.4 Å². The number of benzene rings is 2. The van der Waals surface area contributed by atoms with E-state index in [1.807, 2.05) is 30.3 Å². The molecule has 0 atom stereocenters. The summed E-state index contributed by atoms with van der Waals surface area (Å²) in [5.41, 5.74) is 2.33. The van der Waals surface area contributed by atoms with Gasteiger partial charge in [0.15, 0.2) is 0 Å². The van der Waals surface area contributed by atoms with Gasteiger partial charge in [-0.1, -0.05) is 41.9 Å². The molecule has 0 unspecified atom stereocenters. The van der Waals surface area contributed by atoms with E-state index in [0.717, 1.165) is 11.1 Å². The van der Waals surface area contributed by atoms with Gasteiger partial charge in [0.25, 0.3) is 0 Å². The van der Waals surface area contributed by atoms with Crippen molar-refractivity contribution in [1.29, 1.82) is 0 Å². The second-order valence-corrected chi connectivity index (χ2v) is 5.30. The Hall–Kier alpha value is -2.59. The molecule has 0 spiro atoms. The Morgan fingerprint density at radius 1 is 1.09 bits per heavy atom. The van der Waals surface area contributed by atoms with Crippen LogP contribution in [0.15, 0.2) is 54.6 Å². The molecule has 2 N–H and O–H groups in total. The summed E-state index contributed by atoms with van der Waals surface area (Å²) in [7, 11) is 1.60. The number of hydrogen-bond acceptors (Lipinski definition) is 2. The van der Waals surface area contributed by atoms with E-state index < -0.39 is 0 Å². The van der Waals surface area contributed by atoms with E-state index in [-0.39, 0.29) is 11.8 Å². The first-order valence-corrected chi connectivity index (χ1v) is 7.49. The van der Waals surface area contributed by atoms with Crippen LogP contribution in [-0.2, 0) is 16.0 Å². The second kappa shape index (κ2) is 8.15. The molecule has 0 aliphatic heterocycles. The van der Waals surface area contributed by atoms with Gasteiger partial charge >= 0.3 is 0 Å². The van der Waals surface area contributed by atoms with E-state index in [4.69, 9.17) is 11.6 Å². The minimum Gasteiger partial charge on any atom is -0.359 e. The molecule has 2 rings (SSSR count). The van der Waals surface area contributed by atoms with Gasteiger partial charge in [0.1, 0.15) is 0 Å².